The normalized spacial score (nSPS) is 18.4. The Morgan fingerprint density at radius 1 is 1.18 bits per heavy atom. The third-order valence-corrected chi connectivity index (χ3v) is 4.73. The minimum atomic E-state index is -0.891. The van der Waals surface area contributed by atoms with Crippen molar-refractivity contribution in [2.24, 2.45) is 5.73 Å². The number of nitrogens with two attached hydrogens (primary N) is 1. The summed E-state index contributed by atoms with van der Waals surface area (Å²) in [5.41, 5.74) is 11.2. The second-order valence-electron chi connectivity index (χ2n) is 5.92. The van der Waals surface area contributed by atoms with Crippen LogP contribution in [0.15, 0.2) is 36.4 Å². The lowest BCUT2D eigenvalue weighted by Gasteiger charge is -2.29. The molecule has 1 unspecified atom stereocenters. The predicted molar refractivity (Wildman–Crippen MR) is 86.2 cm³/mol. The van der Waals surface area contributed by atoms with Crippen molar-refractivity contribution in [3.63, 3.8) is 0 Å². The van der Waals surface area contributed by atoms with Crippen molar-refractivity contribution >= 4 is 5.91 Å². The smallest absolute Gasteiger partial charge is 0.232 e. The fraction of sp³-hybridized carbons (Fsp3) is 0.263. The first-order chi connectivity index (χ1) is 10.5. The van der Waals surface area contributed by atoms with E-state index in [1.807, 2.05) is 50.2 Å². The Labute approximate surface area is 130 Å². The summed E-state index contributed by atoms with van der Waals surface area (Å²) in [6.07, 6.45) is 0.719. The average molecular weight is 290 g/mol. The summed E-state index contributed by atoms with van der Waals surface area (Å²) in [6.45, 7) is 4.05. The zero-order valence-electron chi connectivity index (χ0n) is 12.8. The molecule has 3 rings (SSSR count). The van der Waals surface area contributed by atoms with Crippen molar-refractivity contribution in [3.05, 3.63) is 58.7 Å². The Morgan fingerprint density at radius 2 is 1.86 bits per heavy atom. The standard InChI is InChI=1S/C19H18N2O/c1-12-6-4-9-15-16(12)14-8-3-7-13(2)17(14)19(15,18(21)22)10-5-11-20/h3-4,6-9H,5,10H2,1-2H3,(H2,21,22). The molecule has 1 atom stereocenters. The third kappa shape index (κ3) is 1.70. The van der Waals surface area contributed by atoms with Gasteiger partial charge in [0.2, 0.25) is 5.91 Å². The molecule has 1 aliphatic carbocycles. The number of nitrogens with zero attached hydrogens (tertiary/aromatic N) is 1. The summed E-state index contributed by atoms with van der Waals surface area (Å²) >= 11 is 0. The van der Waals surface area contributed by atoms with Gasteiger partial charge in [-0.2, -0.15) is 5.26 Å². The highest BCUT2D eigenvalue weighted by Gasteiger charge is 2.48. The Hall–Kier alpha value is -2.60. The van der Waals surface area contributed by atoms with E-state index in [1.165, 1.54) is 0 Å². The van der Waals surface area contributed by atoms with Crippen LogP contribution in [0.1, 0.15) is 35.1 Å². The molecule has 0 saturated carbocycles. The first-order valence-corrected chi connectivity index (χ1v) is 7.41. The van der Waals surface area contributed by atoms with Gasteiger partial charge in [0.1, 0.15) is 5.41 Å². The van der Waals surface area contributed by atoms with Crippen molar-refractivity contribution in [2.75, 3.05) is 0 Å². The van der Waals surface area contributed by atoms with Crippen LogP contribution in [-0.2, 0) is 10.2 Å². The Kier molecular flexibility index (Phi) is 3.26. The Balaban J connectivity index is 2.44. The van der Waals surface area contributed by atoms with Crippen molar-refractivity contribution in [3.8, 4) is 17.2 Å². The molecule has 0 heterocycles. The van der Waals surface area contributed by atoms with E-state index >= 15 is 0 Å². The molecule has 3 nitrogen and oxygen atoms in total. The van der Waals surface area contributed by atoms with Crippen molar-refractivity contribution < 1.29 is 4.79 Å². The molecule has 3 heteroatoms. The molecule has 1 aliphatic rings. The maximum atomic E-state index is 12.5. The van der Waals surface area contributed by atoms with E-state index < -0.39 is 5.41 Å². The van der Waals surface area contributed by atoms with Crippen LogP contribution in [0, 0.1) is 25.2 Å². The van der Waals surface area contributed by atoms with Crippen molar-refractivity contribution in [2.45, 2.75) is 32.1 Å². The predicted octanol–water partition coefficient (Wildman–Crippen LogP) is 3.36. The number of nitriles is 1. The van der Waals surface area contributed by atoms with Crippen LogP contribution in [-0.4, -0.2) is 5.91 Å². The molecule has 2 N–H and O–H groups in total. The highest BCUT2D eigenvalue weighted by molar-refractivity contribution is 6.01. The minimum Gasteiger partial charge on any atom is -0.369 e. The maximum Gasteiger partial charge on any atom is 0.232 e. The number of amides is 1. The molecule has 2 aromatic rings. The molecule has 0 spiro atoms. The molecule has 0 aromatic heterocycles. The maximum absolute atomic E-state index is 12.5. The fourth-order valence-electron chi connectivity index (χ4n) is 3.84. The number of carbonyl (C=O) groups is 1. The monoisotopic (exact) mass is 290 g/mol. The quantitative estimate of drug-likeness (QED) is 0.941. The van der Waals surface area contributed by atoms with E-state index in [1.54, 1.807) is 0 Å². The highest BCUT2D eigenvalue weighted by atomic mass is 16.1. The van der Waals surface area contributed by atoms with Gasteiger partial charge >= 0.3 is 0 Å². The summed E-state index contributed by atoms with van der Waals surface area (Å²) in [4.78, 5) is 12.5. The van der Waals surface area contributed by atoms with Gasteiger partial charge in [0, 0.05) is 6.42 Å². The lowest BCUT2D eigenvalue weighted by molar-refractivity contribution is -0.122. The molecule has 0 radical (unpaired) electrons. The first kappa shape index (κ1) is 14.3. The summed E-state index contributed by atoms with van der Waals surface area (Å²) in [5, 5.41) is 9.04. The highest BCUT2D eigenvalue weighted by Crippen LogP contribution is 2.53. The molecule has 0 aliphatic heterocycles. The molecule has 0 fully saturated rings. The molecular weight excluding hydrogens is 272 g/mol. The molecule has 0 bridgehead atoms. The molecule has 0 saturated heterocycles. The summed E-state index contributed by atoms with van der Waals surface area (Å²) in [5.74, 6) is -0.373. The van der Waals surface area contributed by atoms with E-state index in [4.69, 9.17) is 11.0 Å². The lowest BCUT2D eigenvalue weighted by Crippen LogP contribution is -2.41. The van der Waals surface area contributed by atoms with Crippen molar-refractivity contribution in [1.29, 1.82) is 5.26 Å². The van der Waals surface area contributed by atoms with Gasteiger partial charge < -0.3 is 5.73 Å². The Morgan fingerprint density at radius 3 is 2.55 bits per heavy atom. The molecule has 110 valence electrons. The van der Waals surface area contributed by atoms with E-state index in [0.29, 0.717) is 12.8 Å². The average Bonchev–Trinajstić information content (AvgIpc) is 2.79. The number of primary amides is 1. The number of rotatable bonds is 3. The van der Waals surface area contributed by atoms with Crippen LogP contribution in [0.3, 0.4) is 0 Å². The zero-order chi connectivity index (χ0) is 15.9. The van der Waals surface area contributed by atoms with Crippen molar-refractivity contribution in [1.82, 2.24) is 0 Å². The number of aryl methyl sites for hydroxylation is 2. The number of fused-ring (bicyclic) bond motifs is 3. The first-order valence-electron chi connectivity index (χ1n) is 7.41. The second kappa shape index (κ2) is 4.99. The van der Waals surface area contributed by atoms with Crippen LogP contribution in [0.25, 0.3) is 11.1 Å². The van der Waals surface area contributed by atoms with Crippen LogP contribution in [0.4, 0.5) is 0 Å². The number of hydrogen-bond donors (Lipinski definition) is 1. The summed E-state index contributed by atoms with van der Waals surface area (Å²) < 4.78 is 0. The summed E-state index contributed by atoms with van der Waals surface area (Å²) in [7, 11) is 0. The zero-order valence-corrected chi connectivity index (χ0v) is 12.8. The molecule has 22 heavy (non-hydrogen) atoms. The van der Waals surface area contributed by atoms with Gasteiger partial charge in [-0.15, -0.1) is 0 Å². The molecule has 1 amide bonds. The number of carbonyl (C=O) groups excluding carboxylic acids is 1. The number of benzene rings is 2. The van der Waals surface area contributed by atoms with Gasteiger partial charge in [-0.05, 0) is 53.6 Å². The summed E-state index contributed by atoms with van der Waals surface area (Å²) in [6, 6.07) is 14.2. The third-order valence-electron chi connectivity index (χ3n) is 4.73. The van der Waals surface area contributed by atoms with Gasteiger partial charge in [-0.25, -0.2) is 0 Å². The Bertz CT molecular complexity index is 817. The van der Waals surface area contributed by atoms with E-state index in [0.717, 1.165) is 33.4 Å². The van der Waals surface area contributed by atoms with E-state index in [2.05, 4.69) is 6.07 Å². The van der Waals surface area contributed by atoms with Crippen LogP contribution < -0.4 is 5.73 Å². The van der Waals surface area contributed by atoms with Crippen LogP contribution >= 0.6 is 0 Å². The van der Waals surface area contributed by atoms with Gasteiger partial charge in [-0.3, -0.25) is 4.79 Å². The lowest BCUT2D eigenvalue weighted by atomic mass is 9.72. The van der Waals surface area contributed by atoms with E-state index in [-0.39, 0.29) is 5.91 Å². The van der Waals surface area contributed by atoms with Crippen LogP contribution in [0.2, 0.25) is 0 Å². The van der Waals surface area contributed by atoms with Gasteiger partial charge in [-0.1, -0.05) is 36.4 Å². The second-order valence-corrected chi connectivity index (χ2v) is 5.92. The van der Waals surface area contributed by atoms with Gasteiger partial charge in [0.05, 0.1) is 6.07 Å². The minimum absolute atomic E-state index is 0.296. The topological polar surface area (TPSA) is 66.9 Å². The molecule has 2 aromatic carbocycles. The van der Waals surface area contributed by atoms with Gasteiger partial charge in [0.25, 0.3) is 0 Å². The SMILES string of the molecule is Cc1cccc2c1-c1cccc(C)c1C2(CCC#N)C(N)=O. The van der Waals surface area contributed by atoms with E-state index in [9.17, 15) is 4.79 Å². The van der Waals surface area contributed by atoms with Gasteiger partial charge in [0.15, 0.2) is 0 Å². The molecular formula is C19H18N2O. The fourth-order valence-corrected chi connectivity index (χ4v) is 3.84. The number of hydrogen-bond acceptors (Lipinski definition) is 2. The van der Waals surface area contributed by atoms with Crippen LogP contribution in [0.5, 0.6) is 0 Å². The largest absolute Gasteiger partial charge is 0.369 e.